The monoisotopic (exact) mass is 570 g/mol. The smallest absolute Gasteiger partial charge is 0.270 e. The van der Waals surface area contributed by atoms with Gasteiger partial charge in [0.15, 0.2) is 6.61 Å². The summed E-state index contributed by atoms with van der Waals surface area (Å²) in [6.07, 6.45) is 6.65. The lowest BCUT2D eigenvalue weighted by Crippen LogP contribution is -2.27. The molecule has 41 heavy (non-hydrogen) atoms. The molecule has 5 rings (SSSR count). The second-order valence-electron chi connectivity index (χ2n) is 9.70. The van der Waals surface area contributed by atoms with E-state index in [2.05, 4.69) is 31.5 Å². The Hall–Kier alpha value is -3.90. The summed E-state index contributed by atoms with van der Waals surface area (Å²) in [7, 11) is 1.50. The molecule has 2 amide bonds. The molecule has 12 nitrogen and oxygen atoms in total. The molecule has 2 atom stereocenters. The number of hydrogen-bond donors (Lipinski definition) is 4. The predicted molar refractivity (Wildman–Crippen MR) is 156 cm³/mol. The first kappa shape index (κ1) is 33.3. The van der Waals surface area contributed by atoms with E-state index in [1.54, 1.807) is 25.1 Å². The number of benzene rings is 1. The zero-order chi connectivity index (χ0) is 29.1. The molecule has 1 aromatic heterocycles. The van der Waals surface area contributed by atoms with Gasteiger partial charge in [-0.05, 0) is 63.4 Å². The number of fused-ring (bicyclic) bond motifs is 1. The minimum absolute atomic E-state index is 0. The molecule has 1 fully saturated rings. The topological polar surface area (TPSA) is 178 Å². The number of aryl methyl sites for hydroxylation is 1. The van der Waals surface area contributed by atoms with E-state index in [9.17, 15) is 14.4 Å². The van der Waals surface area contributed by atoms with E-state index in [0.29, 0.717) is 41.6 Å². The first-order valence-electron chi connectivity index (χ1n) is 13.5. The Kier molecular flexibility index (Phi) is 13.3. The molecule has 3 aliphatic rings. The summed E-state index contributed by atoms with van der Waals surface area (Å²) in [6.45, 7) is 3.47. The van der Waals surface area contributed by atoms with Gasteiger partial charge in [0.1, 0.15) is 41.5 Å². The number of rotatable bonds is 6. The van der Waals surface area contributed by atoms with Crippen LogP contribution in [0, 0.1) is 12.8 Å². The number of nitrogens with zero attached hydrogens (tertiary/aromatic N) is 3. The third kappa shape index (κ3) is 9.61. The van der Waals surface area contributed by atoms with Gasteiger partial charge in [-0.2, -0.15) is 0 Å². The Balaban J connectivity index is 0.000000667. The van der Waals surface area contributed by atoms with Crippen molar-refractivity contribution in [3.8, 4) is 5.75 Å². The lowest BCUT2D eigenvalue weighted by atomic mass is 9.83. The minimum atomic E-state index is -0.796. The van der Waals surface area contributed by atoms with E-state index >= 15 is 0 Å². The largest absolute Gasteiger partial charge is 0.482 e. The maximum absolute atomic E-state index is 12.8. The van der Waals surface area contributed by atoms with Crippen molar-refractivity contribution in [2.75, 3.05) is 19.0 Å². The van der Waals surface area contributed by atoms with Gasteiger partial charge in [0.05, 0.1) is 11.4 Å². The van der Waals surface area contributed by atoms with Crippen molar-refractivity contribution >= 4 is 29.5 Å². The van der Waals surface area contributed by atoms with E-state index < -0.39 is 6.10 Å². The summed E-state index contributed by atoms with van der Waals surface area (Å²) in [5.74, 6) is 1.17. The quantitative estimate of drug-likeness (QED) is 0.380. The third-order valence-electron chi connectivity index (χ3n) is 6.56. The van der Waals surface area contributed by atoms with Crippen LogP contribution in [0.3, 0.4) is 0 Å². The van der Waals surface area contributed by atoms with E-state index in [4.69, 9.17) is 14.7 Å². The average molecular weight is 571 g/mol. The zero-order valence-corrected chi connectivity index (χ0v) is 23.2. The van der Waals surface area contributed by atoms with Crippen LogP contribution in [0.25, 0.3) is 0 Å². The summed E-state index contributed by atoms with van der Waals surface area (Å²) in [5, 5.41) is 17.9. The Morgan fingerprint density at radius 2 is 1.93 bits per heavy atom. The van der Waals surface area contributed by atoms with Crippen LogP contribution in [0.4, 0.5) is 5.69 Å². The molecule has 5 N–H and O–H groups in total. The standard InChI is InChI=1S/C24H27N5O4.C3H6O2.CH5N.CH4/c1-14-26-17(18-11-22(33-29-18)16-5-3-2-4-6-16)10-20(27-14)24(31)25-12-15-7-8-21-19(9-15)28-23(30)13-32-21;1-3(5)2-4;1-2;/h7-10,16,22H,2-6,11-13H2,1H3,(H,25,31)(H,28,30);2-3,5H,1H3;2H2,1H3;1H4. The Morgan fingerprint density at radius 3 is 2.61 bits per heavy atom. The molecular formula is C29H42N6O6. The van der Waals surface area contributed by atoms with Gasteiger partial charge in [0.25, 0.3) is 11.8 Å². The number of ether oxygens (including phenoxy) is 1. The van der Waals surface area contributed by atoms with E-state index in [1.807, 2.05) is 6.07 Å². The maximum atomic E-state index is 12.8. The Bertz CT molecular complexity index is 1210. The van der Waals surface area contributed by atoms with Crippen LogP contribution in [0.5, 0.6) is 5.75 Å². The highest BCUT2D eigenvalue weighted by atomic mass is 16.6. The van der Waals surface area contributed by atoms with Crippen LogP contribution in [0.2, 0.25) is 0 Å². The van der Waals surface area contributed by atoms with Gasteiger partial charge in [-0.15, -0.1) is 0 Å². The number of carbonyl (C=O) groups excluding carboxylic acids is 3. The fourth-order valence-electron chi connectivity index (χ4n) is 4.65. The number of aliphatic hydroxyl groups excluding tert-OH is 1. The molecule has 0 saturated heterocycles. The van der Waals surface area contributed by atoms with Gasteiger partial charge >= 0.3 is 0 Å². The second-order valence-corrected chi connectivity index (χ2v) is 9.70. The molecule has 2 unspecified atom stereocenters. The van der Waals surface area contributed by atoms with Crippen molar-refractivity contribution < 1.29 is 29.1 Å². The molecule has 1 saturated carbocycles. The van der Waals surface area contributed by atoms with E-state index in [1.165, 1.54) is 46.1 Å². The highest BCUT2D eigenvalue weighted by Gasteiger charge is 2.32. The van der Waals surface area contributed by atoms with Crippen LogP contribution >= 0.6 is 0 Å². The second kappa shape index (κ2) is 16.4. The van der Waals surface area contributed by atoms with Crippen molar-refractivity contribution in [3.63, 3.8) is 0 Å². The van der Waals surface area contributed by atoms with Crippen molar-refractivity contribution in [2.24, 2.45) is 16.8 Å². The first-order valence-corrected chi connectivity index (χ1v) is 13.5. The number of amides is 2. The molecule has 3 heterocycles. The third-order valence-corrected chi connectivity index (χ3v) is 6.56. The molecule has 12 heteroatoms. The summed E-state index contributed by atoms with van der Waals surface area (Å²) in [5.41, 5.74) is 7.64. The van der Waals surface area contributed by atoms with E-state index in [0.717, 1.165) is 11.3 Å². The number of aliphatic hydroxyl groups is 1. The molecule has 224 valence electrons. The average Bonchev–Trinajstić information content (AvgIpc) is 3.48. The number of nitrogens with one attached hydrogen (secondary N) is 2. The van der Waals surface area contributed by atoms with Crippen LogP contribution in [-0.4, -0.2) is 64.7 Å². The predicted octanol–water partition coefficient (Wildman–Crippen LogP) is 2.90. The van der Waals surface area contributed by atoms with Crippen molar-refractivity contribution in [2.45, 2.75) is 78.6 Å². The number of hydrogen-bond acceptors (Lipinski definition) is 10. The number of aldehydes is 1. The highest BCUT2D eigenvalue weighted by Crippen LogP contribution is 2.33. The fraction of sp³-hybridized carbons (Fsp3) is 0.517. The van der Waals surface area contributed by atoms with Crippen molar-refractivity contribution in [3.05, 3.63) is 47.0 Å². The number of anilines is 1. The number of oxime groups is 1. The van der Waals surface area contributed by atoms with E-state index in [-0.39, 0.29) is 44.2 Å². The molecule has 2 aliphatic heterocycles. The van der Waals surface area contributed by atoms with Gasteiger partial charge < -0.3 is 35.8 Å². The minimum Gasteiger partial charge on any atom is -0.482 e. The summed E-state index contributed by atoms with van der Waals surface area (Å²) in [4.78, 5) is 48.2. The van der Waals surface area contributed by atoms with Crippen LogP contribution in [-0.2, 0) is 21.0 Å². The van der Waals surface area contributed by atoms with Gasteiger partial charge in [-0.3, -0.25) is 9.59 Å². The van der Waals surface area contributed by atoms with Gasteiger partial charge in [-0.25, -0.2) is 9.97 Å². The van der Waals surface area contributed by atoms with Gasteiger partial charge in [0.2, 0.25) is 0 Å². The molecule has 0 radical (unpaired) electrons. The Morgan fingerprint density at radius 1 is 1.22 bits per heavy atom. The first-order chi connectivity index (χ1) is 19.3. The fourth-order valence-corrected chi connectivity index (χ4v) is 4.65. The highest BCUT2D eigenvalue weighted by molar-refractivity contribution is 6.02. The number of carbonyl (C=O) groups is 3. The lowest BCUT2D eigenvalue weighted by molar-refractivity contribution is -0.118. The van der Waals surface area contributed by atoms with Gasteiger partial charge in [-0.1, -0.05) is 37.9 Å². The van der Waals surface area contributed by atoms with Crippen LogP contribution < -0.4 is 21.1 Å². The van der Waals surface area contributed by atoms with Crippen molar-refractivity contribution in [1.82, 2.24) is 15.3 Å². The Labute approximate surface area is 241 Å². The number of aromatic nitrogens is 2. The summed E-state index contributed by atoms with van der Waals surface area (Å²) >= 11 is 0. The molecule has 0 spiro atoms. The zero-order valence-electron chi connectivity index (χ0n) is 23.2. The SMILES string of the molecule is C.CC(O)C=O.CN.Cc1nc(C(=O)NCc2ccc3c(c2)NC(=O)CO3)cc(C2=NOC(C3CCCCC3)C2)n1. The molecule has 1 aliphatic carbocycles. The summed E-state index contributed by atoms with van der Waals surface area (Å²) in [6, 6.07) is 7.10. The van der Waals surface area contributed by atoms with Crippen molar-refractivity contribution in [1.29, 1.82) is 0 Å². The molecule has 2 aromatic rings. The van der Waals surface area contributed by atoms with Crippen LogP contribution in [0.15, 0.2) is 29.4 Å². The molecular weight excluding hydrogens is 528 g/mol. The lowest BCUT2D eigenvalue weighted by Gasteiger charge is -2.25. The molecule has 1 aromatic carbocycles. The summed E-state index contributed by atoms with van der Waals surface area (Å²) < 4.78 is 5.37. The molecule has 0 bridgehead atoms. The maximum Gasteiger partial charge on any atom is 0.270 e. The van der Waals surface area contributed by atoms with Gasteiger partial charge in [0, 0.05) is 13.0 Å². The number of nitrogens with two attached hydrogens (primary N) is 1. The van der Waals surface area contributed by atoms with Crippen LogP contribution in [0.1, 0.15) is 80.4 Å². The normalized spacial score (nSPS) is 18.1.